The lowest BCUT2D eigenvalue weighted by atomic mass is 10.0. The molecular weight excluding hydrogens is 410 g/mol. The molecule has 1 heterocycles. The molecule has 0 aliphatic carbocycles. The predicted octanol–water partition coefficient (Wildman–Crippen LogP) is 3.12. The molecule has 0 spiro atoms. The van der Waals surface area contributed by atoms with Crippen molar-refractivity contribution < 1.29 is 23.8 Å². The summed E-state index contributed by atoms with van der Waals surface area (Å²) in [5, 5.41) is 13.2. The molecule has 30 heavy (non-hydrogen) atoms. The van der Waals surface area contributed by atoms with Crippen LogP contribution in [0.5, 0.6) is 5.75 Å². The Morgan fingerprint density at radius 2 is 1.90 bits per heavy atom. The third-order valence-corrected chi connectivity index (χ3v) is 5.07. The maximum atomic E-state index is 12.5. The van der Waals surface area contributed by atoms with Crippen molar-refractivity contribution in [1.82, 2.24) is 5.32 Å². The summed E-state index contributed by atoms with van der Waals surface area (Å²) >= 11 is 5.84. The first-order valence-electron chi connectivity index (χ1n) is 9.15. The third kappa shape index (κ3) is 4.80. The van der Waals surface area contributed by atoms with E-state index < -0.39 is 23.5 Å². The SMILES string of the molecule is COc1ccc2c(C)c(CC(=O)NC(Cc3ccc(Cl)cc3)C(=O)O)c(=O)oc2c1. The maximum absolute atomic E-state index is 12.5. The van der Waals surface area contributed by atoms with Gasteiger partial charge in [0.15, 0.2) is 0 Å². The van der Waals surface area contributed by atoms with E-state index in [9.17, 15) is 19.5 Å². The Hall–Kier alpha value is -3.32. The number of carboxylic acid groups (broad SMARTS) is 1. The number of nitrogens with one attached hydrogen (secondary N) is 1. The number of aryl methyl sites for hydroxylation is 1. The largest absolute Gasteiger partial charge is 0.497 e. The summed E-state index contributed by atoms with van der Waals surface area (Å²) < 4.78 is 10.5. The number of aliphatic carboxylic acids is 1. The number of methoxy groups -OCH3 is 1. The minimum absolute atomic E-state index is 0.0867. The van der Waals surface area contributed by atoms with Gasteiger partial charge in [0.2, 0.25) is 5.91 Å². The fourth-order valence-electron chi connectivity index (χ4n) is 3.17. The Balaban J connectivity index is 1.80. The summed E-state index contributed by atoms with van der Waals surface area (Å²) in [6.07, 6.45) is -0.204. The van der Waals surface area contributed by atoms with Gasteiger partial charge in [0, 0.05) is 22.9 Å². The predicted molar refractivity (Wildman–Crippen MR) is 112 cm³/mol. The zero-order valence-electron chi connectivity index (χ0n) is 16.4. The van der Waals surface area contributed by atoms with Gasteiger partial charge in [0.1, 0.15) is 17.4 Å². The van der Waals surface area contributed by atoms with Crippen LogP contribution in [0, 0.1) is 6.92 Å². The third-order valence-electron chi connectivity index (χ3n) is 4.82. The van der Waals surface area contributed by atoms with Crippen molar-refractivity contribution in [3.8, 4) is 5.75 Å². The molecule has 1 unspecified atom stereocenters. The molecule has 1 amide bonds. The van der Waals surface area contributed by atoms with Gasteiger partial charge in [0.05, 0.1) is 19.1 Å². The van der Waals surface area contributed by atoms with E-state index in [0.29, 0.717) is 32.9 Å². The Kier molecular flexibility index (Phi) is 6.42. The summed E-state index contributed by atoms with van der Waals surface area (Å²) in [5.41, 5.74) is 1.20. The highest BCUT2D eigenvalue weighted by atomic mass is 35.5. The maximum Gasteiger partial charge on any atom is 0.340 e. The average Bonchev–Trinajstić information content (AvgIpc) is 2.71. The number of rotatable bonds is 7. The van der Waals surface area contributed by atoms with Crippen LogP contribution in [-0.4, -0.2) is 30.1 Å². The van der Waals surface area contributed by atoms with Crippen LogP contribution in [0.1, 0.15) is 16.7 Å². The zero-order chi connectivity index (χ0) is 21.8. The number of amides is 1. The molecule has 1 atom stereocenters. The van der Waals surface area contributed by atoms with Crippen LogP contribution in [0.4, 0.5) is 0 Å². The summed E-state index contributed by atoms with van der Waals surface area (Å²) in [4.78, 5) is 36.5. The number of hydrogen-bond donors (Lipinski definition) is 2. The second-order valence-corrected chi connectivity index (χ2v) is 7.26. The van der Waals surface area contributed by atoms with Crippen LogP contribution in [0.2, 0.25) is 5.02 Å². The van der Waals surface area contributed by atoms with E-state index in [0.717, 1.165) is 0 Å². The van der Waals surface area contributed by atoms with Crippen molar-refractivity contribution in [2.75, 3.05) is 7.11 Å². The Bertz CT molecular complexity index is 1150. The van der Waals surface area contributed by atoms with Gasteiger partial charge in [0.25, 0.3) is 0 Å². The summed E-state index contributed by atoms with van der Waals surface area (Å²) in [6, 6.07) is 10.6. The number of carbonyl (C=O) groups excluding carboxylic acids is 1. The average molecular weight is 430 g/mol. The number of carbonyl (C=O) groups is 2. The van der Waals surface area contributed by atoms with E-state index in [4.69, 9.17) is 20.8 Å². The highest BCUT2D eigenvalue weighted by Crippen LogP contribution is 2.24. The standard InChI is InChI=1S/C22H20ClNO6/c1-12-16-8-7-15(29-2)10-19(16)30-22(28)17(12)11-20(25)24-18(21(26)27)9-13-3-5-14(23)6-4-13/h3-8,10,18H,9,11H2,1-2H3,(H,24,25)(H,26,27). The molecular formula is C22H20ClNO6. The number of hydrogen-bond acceptors (Lipinski definition) is 5. The highest BCUT2D eigenvalue weighted by Gasteiger charge is 2.22. The second kappa shape index (κ2) is 9.00. The molecule has 3 rings (SSSR count). The Labute approximate surface area is 177 Å². The van der Waals surface area contributed by atoms with Gasteiger partial charge >= 0.3 is 11.6 Å². The van der Waals surface area contributed by atoms with E-state index in [1.165, 1.54) is 7.11 Å². The van der Waals surface area contributed by atoms with Crippen molar-refractivity contribution in [3.63, 3.8) is 0 Å². The second-order valence-electron chi connectivity index (χ2n) is 6.82. The smallest absolute Gasteiger partial charge is 0.340 e. The normalized spacial score (nSPS) is 11.8. The molecule has 0 aliphatic heterocycles. The molecule has 0 saturated heterocycles. The van der Waals surface area contributed by atoms with Gasteiger partial charge in [-0.05, 0) is 42.3 Å². The Morgan fingerprint density at radius 1 is 1.20 bits per heavy atom. The fourth-order valence-corrected chi connectivity index (χ4v) is 3.29. The topological polar surface area (TPSA) is 106 Å². The lowest BCUT2D eigenvalue weighted by molar-refractivity contribution is -0.141. The van der Waals surface area contributed by atoms with Crippen molar-refractivity contribution in [3.05, 3.63) is 74.6 Å². The minimum atomic E-state index is -1.17. The van der Waals surface area contributed by atoms with Gasteiger partial charge in [-0.15, -0.1) is 0 Å². The molecule has 0 saturated carbocycles. The Morgan fingerprint density at radius 3 is 2.53 bits per heavy atom. The van der Waals surface area contributed by atoms with E-state index in [2.05, 4.69) is 5.32 Å². The molecule has 2 N–H and O–H groups in total. The van der Waals surface area contributed by atoms with Gasteiger partial charge in [-0.25, -0.2) is 9.59 Å². The van der Waals surface area contributed by atoms with Crippen LogP contribution in [0.15, 0.2) is 51.7 Å². The van der Waals surface area contributed by atoms with E-state index in [1.54, 1.807) is 49.4 Å². The van der Waals surface area contributed by atoms with Crippen LogP contribution < -0.4 is 15.7 Å². The van der Waals surface area contributed by atoms with E-state index in [-0.39, 0.29) is 18.4 Å². The first-order valence-corrected chi connectivity index (χ1v) is 9.53. The molecule has 0 bridgehead atoms. The molecule has 2 aromatic carbocycles. The molecule has 8 heteroatoms. The van der Waals surface area contributed by atoms with Gasteiger partial charge < -0.3 is 19.6 Å². The molecule has 7 nitrogen and oxygen atoms in total. The molecule has 0 fully saturated rings. The van der Waals surface area contributed by atoms with Crippen molar-refractivity contribution >= 4 is 34.4 Å². The van der Waals surface area contributed by atoms with Crippen LogP contribution >= 0.6 is 11.6 Å². The van der Waals surface area contributed by atoms with Crippen LogP contribution in [0.3, 0.4) is 0 Å². The number of ether oxygens (including phenoxy) is 1. The lowest BCUT2D eigenvalue weighted by Gasteiger charge is -2.15. The van der Waals surface area contributed by atoms with Gasteiger partial charge in [-0.1, -0.05) is 23.7 Å². The quantitative estimate of drug-likeness (QED) is 0.559. The number of carboxylic acids is 1. The van der Waals surface area contributed by atoms with E-state index >= 15 is 0 Å². The van der Waals surface area contributed by atoms with E-state index in [1.807, 2.05) is 0 Å². The molecule has 156 valence electrons. The first kappa shape index (κ1) is 21.4. The monoisotopic (exact) mass is 429 g/mol. The van der Waals surface area contributed by atoms with Crippen molar-refractivity contribution in [1.29, 1.82) is 0 Å². The number of fused-ring (bicyclic) bond motifs is 1. The summed E-state index contributed by atoms with van der Waals surface area (Å²) in [5.74, 6) is -1.21. The zero-order valence-corrected chi connectivity index (χ0v) is 17.2. The fraction of sp³-hybridized carbons (Fsp3) is 0.227. The number of benzene rings is 2. The minimum Gasteiger partial charge on any atom is -0.497 e. The molecule has 0 radical (unpaired) electrons. The van der Waals surface area contributed by atoms with Gasteiger partial charge in [-0.3, -0.25) is 4.79 Å². The highest BCUT2D eigenvalue weighted by molar-refractivity contribution is 6.30. The lowest BCUT2D eigenvalue weighted by Crippen LogP contribution is -2.43. The first-order chi connectivity index (χ1) is 14.3. The van der Waals surface area contributed by atoms with Crippen molar-refractivity contribution in [2.45, 2.75) is 25.8 Å². The summed E-state index contributed by atoms with van der Waals surface area (Å²) in [7, 11) is 1.51. The van der Waals surface area contributed by atoms with Gasteiger partial charge in [-0.2, -0.15) is 0 Å². The molecule has 1 aromatic heterocycles. The van der Waals surface area contributed by atoms with Crippen molar-refractivity contribution in [2.24, 2.45) is 0 Å². The molecule has 3 aromatic rings. The number of halogens is 1. The summed E-state index contributed by atoms with van der Waals surface area (Å²) in [6.45, 7) is 1.72. The van der Waals surface area contributed by atoms with Crippen LogP contribution in [0.25, 0.3) is 11.0 Å². The van der Waals surface area contributed by atoms with Crippen LogP contribution in [-0.2, 0) is 22.4 Å². The molecule has 0 aliphatic rings.